The van der Waals surface area contributed by atoms with Gasteiger partial charge in [-0.15, -0.1) is 0 Å². The van der Waals surface area contributed by atoms with Gasteiger partial charge in [0.2, 0.25) is 11.2 Å². The number of anilines is 3. The molecular formula is C23H21Cl3N8O9S2. The van der Waals surface area contributed by atoms with Crippen molar-refractivity contribution in [3.8, 4) is 6.01 Å². The highest BCUT2D eigenvalue weighted by molar-refractivity contribution is 7.86. The predicted molar refractivity (Wildman–Crippen MR) is 162 cm³/mol. The molecule has 3 aromatic rings. The highest BCUT2D eigenvalue weighted by Crippen LogP contribution is 2.37. The largest absolute Gasteiger partial charge is 0.461 e. The van der Waals surface area contributed by atoms with Crippen molar-refractivity contribution in [2.24, 2.45) is 15.3 Å². The fourth-order valence-electron chi connectivity index (χ4n) is 3.67. The molecule has 1 atom stereocenters. The average molecular weight is 724 g/mol. The van der Waals surface area contributed by atoms with E-state index in [0.29, 0.717) is 6.61 Å². The second-order valence-electron chi connectivity index (χ2n) is 8.76. The minimum absolute atomic E-state index is 0.0796. The molecule has 4 rings (SSSR count). The van der Waals surface area contributed by atoms with E-state index >= 15 is 0 Å². The zero-order valence-electron chi connectivity index (χ0n) is 22.9. The van der Waals surface area contributed by atoms with Gasteiger partial charge in [0.1, 0.15) is 22.1 Å². The lowest BCUT2D eigenvalue weighted by Crippen LogP contribution is -2.30. The summed E-state index contributed by atoms with van der Waals surface area (Å²) in [4.78, 5) is 23.7. The normalized spacial score (nSPS) is 15.5. The van der Waals surface area contributed by atoms with Crippen molar-refractivity contribution >= 4 is 89.7 Å². The van der Waals surface area contributed by atoms with Crippen molar-refractivity contribution in [3.05, 3.63) is 45.7 Å². The molecule has 0 radical (unpaired) electrons. The van der Waals surface area contributed by atoms with Gasteiger partial charge < -0.3 is 14.8 Å². The quantitative estimate of drug-likeness (QED) is 0.134. The van der Waals surface area contributed by atoms with E-state index in [0.717, 1.165) is 23.2 Å². The van der Waals surface area contributed by atoms with E-state index in [1.165, 1.54) is 19.1 Å². The van der Waals surface area contributed by atoms with Crippen molar-refractivity contribution in [1.82, 2.24) is 15.0 Å². The van der Waals surface area contributed by atoms with E-state index in [-0.39, 0.29) is 58.3 Å². The lowest BCUT2D eigenvalue weighted by atomic mass is 10.2. The number of nitrogens with one attached hydrogen (secondary N) is 1. The van der Waals surface area contributed by atoms with Crippen LogP contribution in [0.3, 0.4) is 0 Å². The highest BCUT2D eigenvalue weighted by atomic mass is 35.5. The monoisotopic (exact) mass is 722 g/mol. The van der Waals surface area contributed by atoms with Crippen LogP contribution in [-0.2, 0) is 29.8 Å². The number of amides is 1. The van der Waals surface area contributed by atoms with Crippen molar-refractivity contribution in [3.63, 3.8) is 0 Å². The number of hydrazone groups is 1. The number of nitrogens with zero attached hydrogens (tertiary/aromatic N) is 7. The molecule has 1 aromatic heterocycles. The van der Waals surface area contributed by atoms with Gasteiger partial charge in [0.15, 0.2) is 6.04 Å². The summed E-state index contributed by atoms with van der Waals surface area (Å²) in [7, 11) is -9.52. The Morgan fingerprint density at radius 3 is 2.36 bits per heavy atom. The molecule has 240 valence electrons. The van der Waals surface area contributed by atoms with Crippen LogP contribution >= 0.6 is 34.8 Å². The summed E-state index contributed by atoms with van der Waals surface area (Å²) < 4.78 is 76.8. The summed E-state index contributed by atoms with van der Waals surface area (Å²) in [6.45, 7) is 4.14. The number of carbonyl (C=O) groups is 1. The number of ether oxygens (including phenoxy) is 2. The number of aromatic nitrogens is 3. The van der Waals surface area contributed by atoms with Crippen LogP contribution in [0.4, 0.5) is 23.0 Å². The maximum absolute atomic E-state index is 13.2. The van der Waals surface area contributed by atoms with Crippen LogP contribution in [-0.4, -0.2) is 78.4 Å². The summed E-state index contributed by atoms with van der Waals surface area (Å²) in [5.41, 5.74) is -0.246. The Labute approximate surface area is 270 Å². The molecule has 3 N–H and O–H groups in total. The van der Waals surface area contributed by atoms with Gasteiger partial charge in [-0.05, 0) is 55.8 Å². The van der Waals surface area contributed by atoms with Crippen LogP contribution in [0, 0.1) is 0 Å². The first-order valence-electron chi connectivity index (χ1n) is 12.4. The molecule has 0 aliphatic carbocycles. The maximum Gasteiger partial charge on any atom is 0.322 e. The first-order chi connectivity index (χ1) is 21.1. The summed E-state index contributed by atoms with van der Waals surface area (Å²) in [5.74, 6) is -0.891. The molecule has 2 aromatic carbocycles. The molecule has 0 saturated carbocycles. The molecule has 22 heteroatoms. The van der Waals surface area contributed by atoms with Crippen LogP contribution in [0.2, 0.25) is 15.3 Å². The summed E-state index contributed by atoms with van der Waals surface area (Å²) in [6, 6.07) is 3.83. The molecule has 1 amide bonds. The van der Waals surface area contributed by atoms with Crippen LogP contribution in [0.25, 0.3) is 0 Å². The Hall–Kier alpha value is -3.56. The predicted octanol–water partition coefficient (Wildman–Crippen LogP) is 4.36. The molecule has 2 heterocycles. The van der Waals surface area contributed by atoms with Crippen LogP contribution < -0.4 is 15.1 Å². The molecule has 1 aliphatic rings. The Morgan fingerprint density at radius 2 is 1.69 bits per heavy atom. The molecule has 0 spiro atoms. The first kappa shape index (κ1) is 34.3. The molecular weight excluding hydrogens is 703 g/mol. The van der Waals surface area contributed by atoms with Crippen LogP contribution in [0.5, 0.6) is 6.01 Å². The van der Waals surface area contributed by atoms with E-state index in [9.17, 15) is 30.7 Å². The Morgan fingerprint density at radius 1 is 0.978 bits per heavy atom. The van der Waals surface area contributed by atoms with Gasteiger partial charge in [-0.1, -0.05) is 23.2 Å². The topological polar surface area (TPSA) is 235 Å². The van der Waals surface area contributed by atoms with E-state index < -0.39 is 47.0 Å². The number of carbonyl (C=O) groups excluding carboxylic acids is 1. The number of rotatable bonds is 12. The molecule has 45 heavy (non-hydrogen) atoms. The third-order valence-electron chi connectivity index (χ3n) is 5.63. The third kappa shape index (κ3) is 8.38. The molecule has 0 fully saturated rings. The van der Waals surface area contributed by atoms with E-state index in [4.69, 9.17) is 44.3 Å². The number of azo groups is 1. The lowest BCUT2D eigenvalue weighted by Gasteiger charge is -2.15. The van der Waals surface area contributed by atoms with E-state index in [2.05, 4.69) is 35.6 Å². The smallest absolute Gasteiger partial charge is 0.322 e. The Balaban J connectivity index is 1.61. The van der Waals surface area contributed by atoms with Crippen molar-refractivity contribution in [2.45, 2.75) is 29.7 Å². The minimum Gasteiger partial charge on any atom is -0.461 e. The maximum atomic E-state index is 13.2. The lowest BCUT2D eigenvalue weighted by molar-refractivity contribution is -0.117. The highest BCUT2D eigenvalue weighted by Gasteiger charge is 2.36. The van der Waals surface area contributed by atoms with E-state index in [1.54, 1.807) is 0 Å². The van der Waals surface area contributed by atoms with Gasteiger partial charge in [-0.3, -0.25) is 13.9 Å². The standard InChI is InChI=1S/C23H21Cl3N8O9S2/c1-3-42-6-7-43-23-29-21(26)28-22(30-23)27-12-4-5-17(44(36,37)38)15(8-12)31-32-19-11(2)33-34(20(19)35)16-9-14(25)18(10-13(16)24)45(39,40)41/h4-5,8-10,19H,3,6-7H2,1-2H3,(H,36,37,38)(H,39,40,41)(H,27,28,29,30). The Bertz CT molecular complexity index is 1930. The number of hydrogen-bond acceptors (Lipinski definition) is 14. The SMILES string of the molecule is CCOCCOc1nc(Cl)nc(Nc2ccc(S(=O)(=O)O)c(N=NC3C(=O)N(c4cc(Cl)c(S(=O)(=O)O)cc4Cl)N=C3C)c2)n1. The molecule has 1 unspecified atom stereocenters. The number of hydrogen-bond donors (Lipinski definition) is 3. The van der Waals surface area contributed by atoms with Gasteiger partial charge in [0.05, 0.1) is 28.1 Å². The second-order valence-corrected chi connectivity index (χ2v) is 12.7. The minimum atomic E-state index is -4.81. The number of benzene rings is 2. The number of halogens is 3. The zero-order valence-corrected chi connectivity index (χ0v) is 26.8. The summed E-state index contributed by atoms with van der Waals surface area (Å²) >= 11 is 18.1. The molecule has 0 saturated heterocycles. The first-order valence-corrected chi connectivity index (χ1v) is 16.4. The Kier molecular flexibility index (Phi) is 10.5. The zero-order chi connectivity index (χ0) is 33.1. The van der Waals surface area contributed by atoms with Gasteiger partial charge in [0, 0.05) is 12.3 Å². The van der Waals surface area contributed by atoms with Gasteiger partial charge >= 0.3 is 6.01 Å². The second kappa shape index (κ2) is 13.8. The van der Waals surface area contributed by atoms with Crippen molar-refractivity contribution in [1.29, 1.82) is 0 Å². The van der Waals surface area contributed by atoms with Crippen molar-refractivity contribution in [2.75, 3.05) is 30.1 Å². The van der Waals surface area contributed by atoms with Crippen molar-refractivity contribution < 1.29 is 40.2 Å². The third-order valence-corrected chi connectivity index (χ3v) is 8.32. The fraction of sp³-hybridized carbons (Fsp3) is 0.261. The van der Waals surface area contributed by atoms with Gasteiger partial charge in [-0.25, -0.2) is 0 Å². The molecule has 17 nitrogen and oxygen atoms in total. The molecule has 1 aliphatic heterocycles. The fourth-order valence-corrected chi connectivity index (χ4v) is 5.76. The van der Waals surface area contributed by atoms with E-state index in [1.807, 2.05) is 6.92 Å². The van der Waals surface area contributed by atoms with Gasteiger partial charge in [0.25, 0.3) is 26.1 Å². The summed E-state index contributed by atoms with van der Waals surface area (Å²) in [5, 5.41) is 14.5. The van der Waals surface area contributed by atoms with Crippen LogP contribution in [0.15, 0.2) is 55.5 Å². The van der Waals surface area contributed by atoms with Gasteiger partial charge in [-0.2, -0.15) is 52.1 Å². The molecule has 0 bridgehead atoms. The average Bonchev–Trinajstić information content (AvgIpc) is 3.22. The summed E-state index contributed by atoms with van der Waals surface area (Å²) in [6.07, 6.45) is 0. The van der Waals surface area contributed by atoms with Crippen LogP contribution in [0.1, 0.15) is 13.8 Å².